The summed E-state index contributed by atoms with van der Waals surface area (Å²) in [6, 6.07) is 0. The highest BCUT2D eigenvalue weighted by molar-refractivity contribution is 7.03. The van der Waals surface area contributed by atoms with E-state index in [0.717, 1.165) is 6.54 Å². The molecular formula is C15H31N3OS. The molecule has 0 saturated heterocycles. The molecule has 0 aliphatic rings. The minimum atomic E-state index is 0.872. The molecule has 0 amide bonds. The highest BCUT2D eigenvalue weighted by Gasteiger charge is 1.91. The van der Waals surface area contributed by atoms with Crippen molar-refractivity contribution in [3.05, 3.63) is 11.6 Å². The van der Waals surface area contributed by atoms with Crippen molar-refractivity contribution >= 4 is 18.3 Å². The van der Waals surface area contributed by atoms with Gasteiger partial charge in [0.2, 0.25) is 0 Å². The van der Waals surface area contributed by atoms with Gasteiger partial charge in [-0.1, -0.05) is 69.2 Å². The largest absolute Gasteiger partial charge is 0.330 e. The van der Waals surface area contributed by atoms with Gasteiger partial charge in [-0.15, -0.1) is 5.10 Å². The zero-order chi connectivity index (χ0) is 15.3. The van der Waals surface area contributed by atoms with E-state index in [1.807, 2.05) is 12.2 Å². The molecule has 0 atom stereocenters. The predicted octanol–water partition coefficient (Wildman–Crippen LogP) is 4.22. The van der Waals surface area contributed by atoms with Crippen LogP contribution in [0.4, 0.5) is 0 Å². The molecule has 0 fully saturated rings. The first-order chi connectivity index (χ1) is 9.91. The second kappa shape index (κ2) is 23.3. The fraction of sp³-hybridized carbons (Fsp3) is 0.800. The van der Waals surface area contributed by atoms with E-state index < -0.39 is 0 Å². The van der Waals surface area contributed by atoms with Crippen LogP contribution in [0.2, 0.25) is 0 Å². The van der Waals surface area contributed by atoms with Gasteiger partial charge in [-0.25, -0.2) is 0 Å². The van der Waals surface area contributed by atoms with Crippen LogP contribution in [0.3, 0.4) is 0 Å². The number of aromatic nitrogens is 2. The summed E-state index contributed by atoms with van der Waals surface area (Å²) in [4.78, 5) is 8.00. The Labute approximate surface area is 128 Å². The highest BCUT2D eigenvalue weighted by Crippen LogP contribution is 2.09. The number of carbonyl (C=O) groups excluding carboxylic acids is 1. The summed E-state index contributed by atoms with van der Waals surface area (Å²) in [6.45, 7) is 5.14. The van der Waals surface area contributed by atoms with E-state index in [4.69, 9.17) is 10.5 Å². The van der Waals surface area contributed by atoms with Crippen molar-refractivity contribution in [1.29, 1.82) is 0 Å². The molecule has 1 aromatic heterocycles. The molecule has 5 heteroatoms. The van der Waals surface area contributed by atoms with Crippen molar-refractivity contribution in [2.24, 2.45) is 5.73 Å². The van der Waals surface area contributed by atoms with Gasteiger partial charge in [0.15, 0.2) is 0 Å². The third-order valence-corrected chi connectivity index (χ3v) is 3.27. The van der Waals surface area contributed by atoms with Gasteiger partial charge in [0.25, 0.3) is 0 Å². The minimum Gasteiger partial charge on any atom is -0.330 e. The van der Waals surface area contributed by atoms with Gasteiger partial charge in [0.05, 0.1) is 6.20 Å². The summed E-state index contributed by atoms with van der Waals surface area (Å²) in [6.07, 6.45) is 15.6. The summed E-state index contributed by atoms with van der Waals surface area (Å²) in [5.74, 6) is 0. The van der Waals surface area contributed by atoms with Crippen LogP contribution in [0, 0.1) is 0 Å². The van der Waals surface area contributed by atoms with Crippen molar-refractivity contribution in [2.45, 2.75) is 71.1 Å². The zero-order valence-electron chi connectivity index (χ0n) is 12.9. The first kappa shape index (κ1) is 21.5. The van der Waals surface area contributed by atoms with E-state index in [-0.39, 0.29) is 0 Å². The number of nitrogens with zero attached hydrogens (tertiary/aromatic N) is 2. The minimum absolute atomic E-state index is 0.872. The fourth-order valence-corrected chi connectivity index (χ4v) is 2.04. The Bertz CT molecular complexity index is 206. The Kier molecular flexibility index (Phi) is 25.0. The molecule has 0 unspecified atom stereocenters. The average molecular weight is 301 g/mol. The molecule has 0 radical (unpaired) electrons. The molecule has 1 rings (SSSR count). The van der Waals surface area contributed by atoms with E-state index in [1.54, 1.807) is 6.20 Å². The Morgan fingerprint density at radius 1 is 0.950 bits per heavy atom. The Hall–Kier alpha value is -0.810. The molecule has 0 aromatic carbocycles. The smallest absolute Gasteiger partial charge is 0.106 e. The SMILES string of the molecule is C=O.CCCCCCCCCCCCN.c1csnn1. The third kappa shape index (κ3) is 22.4. The molecule has 20 heavy (non-hydrogen) atoms. The van der Waals surface area contributed by atoms with Crippen molar-refractivity contribution in [3.63, 3.8) is 0 Å². The lowest BCUT2D eigenvalue weighted by Crippen LogP contribution is -1.97. The van der Waals surface area contributed by atoms with Gasteiger partial charge >= 0.3 is 0 Å². The van der Waals surface area contributed by atoms with E-state index in [9.17, 15) is 0 Å². The summed E-state index contributed by atoms with van der Waals surface area (Å²) in [7, 11) is 0. The Morgan fingerprint density at radius 2 is 1.45 bits per heavy atom. The number of unbranched alkanes of at least 4 members (excludes halogenated alkanes) is 9. The first-order valence-electron chi connectivity index (χ1n) is 7.61. The molecule has 0 aliphatic carbocycles. The van der Waals surface area contributed by atoms with Crippen LogP contribution in [0.25, 0.3) is 0 Å². The molecule has 0 aliphatic heterocycles. The number of hydrogen-bond acceptors (Lipinski definition) is 5. The molecule has 0 saturated carbocycles. The number of hydrogen-bond donors (Lipinski definition) is 1. The molecule has 2 N–H and O–H groups in total. The van der Waals surface area contributed by atoms with Gasteiger partial charge in [-0.2, -0.15) is 0 Å². The van der Waals surface area contributed by atoms with Crippen LogP contribution in [0.1, 0.15) is 71.1 Å². The van der Waals surface area contributed by atoms with Crippen LogP contribution in [0.15, 0.2) is 11.6 Å². The second-order valence-electron chi connectivity index (χ2n) is 4.56. The van der Waals surface area contributed by atoms with Gasteiger partial charge in [0.1, 0.15) is 6.79 Å². The summed E-state index contributed by atoms with van der Waals surface area (Å²) in [5, 5.41) is 5.31. The third-order valence-electron chi connectivity index (χ3n) is 2.84. The average Bonchev–Trinajstić information content (AvgIpc) is 3.07. The van der Waals surface area contributed by atoms with E-state index >= 15 is 0 Å². The molecule has 118 valence electrons. The van der Waals surface area contributed by atoms with Crippen molar-refractivity contribution in [3.8, 4) is 0 Å². The van der Waals surface area contributed by atoms with Crippen molar-refractivity contribution in [2.75, 3.05) is 6.54 Å². The lowest BCUT2D eigenvalue weighted by Gasteiger charge is -2.00. The van der Waals surface area contributed by atoms with E-state index in [2.05, 4.69) is 16.5 Å². The maximum absolute atomic E-state index is 8.00. The fourth-order valence-electron chi connectivity index (χ4n) is 1.77. The predicted molar refractivity (Wildman–Crippen MR) is 87.9 cm³/mol. The maximum Gasteiger partial charge on any atom is 0.106 e. The van der Waals surface area contributed by atoms with E-state index in [1.165, 1.54) is 75.7 Å². The van der Waals surface area contributed by atoms with Crippen LogP contribution >= 0.6 is 11.5 Å². The normalized spacial score (nSPS) is 9.10. The number of carbonyl (C=O) groups is 1. The van der Waals surface area contributed by atoms with Gasteiger partial charge in [-0.3, -0.25) is 0 Å². The number of rotatable bonds is 10. The van der Waals surface area contributed by atoms with Crippen LogP contribution < -0.4 is 5.73 Å². The van der Waals surface area contributed by atoms with Crippen LogP contribution in [0.5, 0.6) is 0 Å². The van der Waals surface area contributed by atoms with Crippen molar-refractivity contribution in [1.82, 2.24) is 9.59 Å². The lowest BCUT2D eigenvalue weighted by molar-refractivity contribution is -0.0979. The van der Waals surface area contributed by atoms with Crippen LogP contribution in [-0.2, 0) is 4.79 Å². The summed E-state index contributed by atoms with van der Waals surface area (Å²) >= 11 is 1.35. The molecule has 1 heterocycles. The van der Waals surface area contributed by atoms with Gasteiger partial charge < -0.3 is 10.5 Å². The lowest BCUT2D eigenvalue weighted by atomic mass is 10.1. The first-order valence-corrected chi connectivity index (χ1v) is 8.45. The molecular weight excluding hydrogens is 270 g/mol. The maximum atomic E-state index is 8.00. The van der Waals surface area contributed by atoms with Crippen LogP contribution in [-0.4, -0.2) is 22.9 Å². The summed E-state index contributed by atoms with van der Waals surface area (Å²) < 4.78 is 3.51. The number of nitrogens with two attached hydrogens (primary N) is 1. The quantitative estimate of drug-likeness (QED) is 0.657. The zero-order valence-corrected chi connectivity index (χ0v) is 13.7. The Morgan fingerprint density at radius 3 is 1.75 bits per heavy atom. The summed E-state index contributed by atoms with van der Waals surface area (Å²) in [5.41, 5.74) is 5.42. The molecule has 1 aromatic rings. The molecule has 0 bridgehead atoms. The topological polar surface area (TPSA) is 68.9 Å². The Balaban J connectivity index is 0. The van der Waals surface area contributed by atoms with E-state index in [0.29, 0.717) is 0 Å². The molecule has 0 spiro atoms. The van der Waals surface area contributed by atoms with Gasteiger partial charge in [-0.05, 0) is 24.5 Å². The highest BCUT2D eigenvalue weighted by atomic mass is 32.1. The van der Waals surface area contributed by atoms with Crippen molar-refractivity contribution < 1.29 is 4.79 Å². The standard InChI is InChI=1S/C12H27N.C2H2N2S.CH2O/c1-2-3-4-5-6-7-8-9-10-11-12-13;1-2-5-4-3-1;1-2/h2-13H2,1H3;1-2H;1H2. The second-order valence-corrected chi connectivity index (χ2v) is 5.20. The van der Waals surface area contributed by atoms with Gasteiger partial charge in [0, 0.05) is 5.38 Å². The molecule has 4 nitrogen and oxygen atoms in total. The monoisotopic (exact) mass is 301 g/mol.